The number of azo groups is 1. The van der Waals surface area contributed by atoms with Crippen LogP contribution in [0.2, 0.25) is 0 Å². The van der Waals surface area contributed by atoms with Crippen molar-refractivity contribution in [2.45, 2.75) is 25.7 Å². The third-order valence-electron chi connectivity index (χ3n) is 4.58. The summed E-state index contributed by atoms with van der Waals surface area (Å²) in [5.41, 5.74) is -0.426. The molecule has 0 unspecified atom stereocenters. The molecule has 0 radical (unpaired) electrons. The molecule has 0 bridgehead atoms. The Morgan fingerprint density at radius 3 is 2.24 bits per heavy atom. The molecule has 34 heavy (non-hydrogen) atoms. The maximum atomic E-state index is 11.8. The van der Waals surface area contributed by atoms with Gasteiger partial charge in [0, 0.05) is 26.1 Å². The van der Waals surface area contributed by atoms with E-state index in [0.717, 1.165) is 12.1 Å². The maximum Gasteiger partial charge on any atom is 0.303 e. The van der Waals surface area contributed by atoms with Gasteiger partial charge in [-0.25, -0.2) is 0 Å². The van der Waals surface area contributed by atoms with E-state index in [-0.39, 0.29) is 27.9 Å². The quantitative estimate of drug-likeness (QED) is 0.153. The van der Waals surface area contributed by atoms with Crippen molar-refractivity contribution >= 4 is 51.8 Å². The van der Waals surface area contributed by atoms with E-state index in [0.29, 0.717) is 36.3 Å². The summed E-state index contributed by atoms with van der Waals surface area (Å²) in [4.78, 5) is 34.8. The van der Waals surface area contributed by atoms with E-state index in [2.05, 4.69) is 15.5 Å². The Morgan fingerprint density at radius 2 is 1.74 bits per heavy atom. The molecule has 0 heterocycles. The van der Waals surface area contributed by atoms with Gasteiger partial charge in [0.15, 0.2) is 5.69 Å². The van der Waals surface area contributed by atoms with Gasteiger partial charge in [0.2, 0.25) is 5.91 Å². The average molecular weight is 487 g/mol. The van der Waals surface area contributed by atoms with Crippen LogP contribution in [-0.2, 0) is 4.79 Å². The van der Waals surface area contributed by atoms with Gasteiger partial charge >= 0.3 is 5.69 Å². The van der Waals surface area contributed by atoms with Crippen LogP contribution in [0.4, 0.5) is 34.1 Å². The summed E-state index contributed by atoms with van der Waals surface area (Å²) < 4.78 is 5.46. The number of hydrogen-bond acceptors (Lipinski definition) is 11. The number of rotatable bonds is 10. The lowest BCUT2D eigenvalue weighted by atomic mass is 10.2. The molecule has 0 saturated carbocycles. The number of ether oxygens (including phenoxy) is 1. The van der Waals surface area contributed by atoms with Gasteiger partial charge in [-0.2, -0.15) is 5.26 Å². The SMILES string of the molecule is CCN(CC)c1cc(NC(C)=O)c(/N=N/c2cc(SC#N)c([N+](=O)[O-])cc2[N+](=O)[O-])cc1OC. The molecule has 0 fully saturated rings. The van der Waals surface area contributed by atoms with Crippen LogP contribution in [0.5, 0.6) is 5.75 Å². The summed E-state index contributed by atoms with van der Waals surface area (Å²) >= 11 is 0.471. The second-order valence-electron chi connectivity index (χ2n) is 6.61. The van der Waals surface area contributed by atoms with Crippen molar-refractivity contribution in [1.82, 2.24) is 0 Å². The zero-order chi connectivity index (χ0) is 25.4. The molecule has 1 N–H and O–H groups in total. The predicted molar refractivity (Wildman–Crippen MR) is 126 cm³/mol. The highest BCUT2D eigenvalue weighted by Crippen LogP contribution is 2.42. The fraction of sp³-hybridized carbons (Fsp3) is 0.300. The largest absolute Gasteiger partial charge is 0.494 e. The molecule has 0 aliphatic rings. The zero-order valence-electron chi connectivity index (χ0n) is 18.8. The zero-order valence-corrected chi connectivity index (χ0v) is 19.6. The van der Waals surface area contributed by atoms with Crippen molar-refractivity contribution < 1.29 is 19.4 Å². The van der Waals surface area contributed by atoms with E-state index in [9.17, 15) is 25.0 Å². The van der Waals surface area contributed by atoms with Gasteiger partial charge in [-0.05, 0) is 37.7 Å². The third-order valence-corrected chi connectivity index (χ3v) is 5.22. The van der Waals surface area contributed by atoms with E-state index in [4.69, 9.17) is 10.00 Å². The van der Waals surface area contributed by atoms with E-state index in [1.165, 1.54) is 20.1 Å². The molecule has 0 saturated heterocycles. The number of thioether (sulfide) groups is 1. The van der Waals surface area contributed by atoms with Gasteiger partial charge in [-0.1, -0.05) is 0 Å². The molecular formula is C20H21N7O6S. The molecule has 0 atom stereocenters. The number of methoxy groups -OCH3 is 1. The molecule has 14 heteroatoms. The molecule has 2 aromatic rings. The number of hydrogen-bond donors (Lipinski definition) is 1. The van der Waals surface area contributed by atoms with Crippen LogP contribution in [-0.4, -0.2) is 36.0 Å². The number of anilines is 2. The first-order chi connectivity index (χ1) is 16.2. The minimum absolute atomic E-state index is 0.122. The van der Waals surface area contributed by atoms with E-state index < -0.39 is 21.2 Å². The van der Waals surface area contributed by atoms with Crippen molar-refractivity contribution in [1.29, 1.82) is 5.26 Å². The Bertz CT molecular complexity index is 1190. The van der Waals surface area contributed by atoms with Gasteiger partial charge in [0.25, 0.3) is 5.69 Å². The number of amides is 1. The van der Waals surface area contributed by atoms with Crippen molar-refractivity contribution in [3.63, 3.8) is 0 Å². The monoisotopic (exact) mass is 487 g/mol. The number of carbonyl (C=O) groups excluding carboxylic acids is 1. The highest BCUT2D eigenvalue weighted by atomic mass is 32.2. The number of nitrogens with zero attached hydrogens (tertiary/aromatic N) is 6. The molecule has 0 aliphatic carbocycles. The highest BCUT2D eigenvalue weighted by Gasteiger charge is 2.25. The summed E-state index contributed by atoms with van der Waals surface area (Å²) in [6, 6.07) is 4.95. The molecule has 0 aliphatic heterocycles. The Hall–Kier alpha value is -4.25. The lowest BCUT2D eigenvalue weighted by molar-refractivity contribution is -0.395. The van der Waals surface area contributed by atoms with E-state index in [1.807, 2.05) is 18.7 Å². The van der Waals surface area contributed by atoms with Crippen LogP contribution in [0.25, 0.3) is 0 Å². The van der Waals surface area contributed by atoms with E-state index in [1.54, 1.807) is 11.5 Å². The normalized spacial score (nSPS) is 10.6. The number of nitro groups is 2. The lowest BCUT2D eigenvalue weighted by Gasteiger charge is -2.24. The molecule has 178 valence electrons. The summed E-state index contributed by atoms with van der Waals surface area (Å²) in [5.74, 6) is 0.0619. The van der Waals surface area contributed by atoms with Crippen LogP contribution in [0.3, 0.4) is 0 Å². The summed E-state index contributed by atoms with van der Waals surface area (Å²) in [7, 11) is 1.47. The Balaban J connectivity index is 2.70. The van der Waals surface area contributed by atoms with Gasteiger partial charge in [0.1, 0.15) is 21.7 Å². The Kier molecular flexibility index (Phi) is 8.85. The number of thiocyanates is 1. The van der Waals surface area contributed by atoms with Crippen LogP contribution >= 0.6 is 11.8 Å². The molecule has 0 spiro atoms. The molecule has 2 rings (SSSR count). The Morgan fingerprint density at radius 1 is 1.12 bits per heavy atom. The third kappa shape index (κ3) is 5.95. The summed E-state index contributed by atoms with van der Waals surface area (Å²) in [6.45, 7) is 6.57. The summed E-state index contributed by atoms with van der Waals surface area (Å²) in [5, 5.41) is 44.0. The molecule has 1 amide bonds. The lowest BCUT2D eigenvalue weighted by Crippen LogP contribution is -2.22. The number of nitriles is 1. The molecule has 13 nitrogen and oxygen atoms in total. The first kappa shape index (κ1) is 26.0. The number of carbonyl (C=O) groups is 1. The standard InChI is InChI=1S/C20H21N7O6S/c1-5-25(6-2)17-7-13(22-12(3)28)14(8-19(17)33-4)23-24-15-9-20(34-11-21)18(27(31)32)10-16(15)26(29)30/h7-10H,5-6H2,1-4H3,(H,22,28)/b24-23+. The van der Waals surface area contributed by atoms with Crippen LogP contribution in [0, 0.1) is 30.9 Å². The summed E-state index contributed by atoms with van der Waals surface area (Å²) in [6.07, 6.45) is 0. The van der Waals surface area contributed by atoms with Gasteiger partial charge < -0.3 is 15.0 Å². The molecule has 0 aromatic heterocycles. The highest BCUT2D eigenvalue weighted by molar-refractivity contribution is 8.03. The first-order valence-corrected chi connectivity index (χ1v) is 10.7. The van der Waals surface area contributed by atoms with Crippen molar-refractivity contribution in [2.24, 2.45) is 10.2 Å². The second-order valence-corrected chi connectivity index (χ2v) is 7.44. The van der Waals surface area contributed by atoms with Gasteiger partial charge in [-0.15, -0.1) is 10.2 Å². The van der Waals surface area contributed by atoms with Crippen molar-refractivity contribution in [3.8, 4) is 11.2 Å². The van der Waals surface area contributed by atoms with Crippen molar-refractivity contribution in [3.05, 3.63) is 44.5 Å². The van der Waals surface area contributed by atoms with Gasteiger partial charge in [-0.3, -0.25) is 25.0 Å². The molecular weight excluding hydrogens is 466 g/mol. The smallest absolute Gasteiger partial charge is 0.303 e. The van der Waals surface area contributed by atoms with Crippen molar-refractivity contribution in [2.75, 3.05) is 30.4 Å². The minimum atomic E-state index is -0.832. The van der Waals surface area contributed by atoms with E-state index >= 15 is 0 Å². The van der Waals surface area contributed by atoms with Crippen LogP contribution in [0.1, 0.15) is 20.8 Å². The Labute approximate surface area is 198 Å². The van der Waals surface area contributed by atoms with Gasteiger partial charge in [0.05, 0.1) is 34.4 Å². The number of nitro benzene ring substituents is 2. The van der Waals surface area contributed by atoms with Crippen LogP contribution in [0.15, 0.2) is 39.4 Å². The average Bonchev–Trinajstić information content (AvgIpc) is 2.78. The molecule has 2 aromatic carbocycles. The topological polar surface area (TPSA) is 176 Å². The fourth-order valence-electron chi connectivity index (χ4n) is 3.06. The predicted octanol–water partition coefficient (Wildman–Crippen LogP) is 5.30. The minimum Gasteiger partial charge on any atom is -0.494 e. The van der Waals surface area contributed by atoms with Crippen LogP contribution < -0.4 is 15.0 Å². The second kappa shape index (κ2) is 11.6. The fourth-order valence-corrected chi connectivity index (χ4v) is 3.57. The first-order valence-electron chi connectivity index (χ1n) is 9.85. The number of nitrogens with one attached hydrogen (secondary N) is 1. The number of benzene rings is 2. The maximum absolute atomic E-state index is 11.8.